The van der Waals surface area contributed by atoms with Gasteiger partial charge in [-0.1, -0.05) is 15.9 Å². The van der Waals surface area contributed by atoms with Crippen LogP contribution in [-0.2, 0) is 18.9 Å². The molecule has 0 aliphatic carbocycles. The van der Waals surface area contributed by atoms with E-state index in [0.717, 1.165) is 57.1 Å². The summed E-state index contributed by atoms with van der Waals surface area (Å²) in [5.41, 5.74) is -0.855. The molecule has 36 heavy (non-hydrogen) atoms. The van der Waals surface area contributed by atoms with Crippen molar-refractivity contribution in [2.45, 2.75) is 103 Å². The van der Waals surface area contributed by atoms with Crippen LogP contribution in [0.1, 0.15) is 80.1 Å². The lowest BCUT2D eigenvalue weighted by Gasteiger charge is -2.33. The van der Waals surface area contributed by atoms with Crippen molar-refractivity contribution in [2.75, 3.05) is 51.3 Å². The van der Waals surface area contributed by atoms with Gasteiger partial charge >= 0.3 is 12.2 Å². The van der Waals surface area contributed by atoms with Crippen LogP contribution in [-0.4, -0.2) is 102 Å². The van der Waals surface area contributed by atoms with Crippen LogP contribution in [0.5, 0.6) is 0 Å². The number of piperidine rings is 2. The fourth-order valence-corrected chi connectivity index (χ4v) is 3.91. The first-order valence-electron chi connectivity index (χ1n) is 13.2. The van der Waals surface area contributed by atoms with Gasteiger partial charge in [0.25, 0.3) is 0 Å². The van der Waals surface area contributed by atoms with Gasteiger partial charge < -0.3 is 33.9 Å². The Labute approximate surface area is 226 Å². The van der Waals surface area contributed by atoms with Gasteiger partial charge in [-0.05, 0) is 80.1 Å². The second-order valence-electron chi connectivity index (χ2n) is 11.2. The summed E-state index contributed by atoms with van der Waals surface area (Å²) >= 11 is 3.38. The minimum Gasteiger partial charge on any atom is -0.444 e. The number of likely N-dealkylation sites (tertiary alicyclic amines) is 2. The van der Waals surface area contributed by atoms with E-state index >= 15 is 0 Å². The molecule has 0 aromatic carbocycles. The molecule has 2 aliphatic rings. The monoisotopic (exact) mass is 580 g/mol. The van der Waals surface area contributed by atoms with Crippen LogP contribution in [0, 0.1) is 0 Å². The molecule has 0 radical (unpaired) electrons. The Kier molecular flexibility index (Phi) is 15.3. The van der Waals surface area contributed by atoms with Gasteiger partial charge in [0.15, 0.2) is 0 Å². The van der Waals surface area contributed by atoms with Crippen LogP contribution in [0.4, 0.5) is 9.59 Å². The lowest BCUT2D eigenvalue weighted by molar-refractivity contribution is -0.0140. The van der Waals surface area contributed by atoms with E-state index < -0.39 is 11.2 Å². The molecule has 0 aromatic heterocycles. The van der Waals surface area contributed by atoms with Crippen molar-refractivity contribution in [3.63, 3.8) is 0 Å². The van der Waals surface area contributed by atoms with E-state index in [9.17, 15) is 9.59 Å². The maximum Gasteiger partial charge on any atom is 0.410 e. The van der Waals surface area contributed by atoms with Crippen molar-refractivity contribution in [1.82, 2.24) is 9.80 Å². The minimum absolute atomic E-state index is 0.163. The summed E-state index contributed by atoms with van der Waals surface area (Å²) in [5.74, 6) is 0. The minimum atomic E-state index is -0.439. The van der Waals surface area contributed by atoms with E-state index in [4.69, 9.17) is 24.1 Å². The predicted octanol–water partition coefficient (Wildman–Crippen LogP) is 4.97. The number of amides is 2. The third kappa shape index (κ3) is 15.2. The summed E-state index contributed by atoms with van der Waals surface area (Å²) in [6.07, 6.45) is 5.24. The average molecular weight is 582 g/mol. The van der Waals surface area contributed by atoms with E-state index in [1.54, 1.807) is 9.80 Å². The normalized spacial score (nSPS) is 17.9. The van der Waals surface area contributed by atoms with Crippen molar-refractivity contribution < 1.29 is 33.6 Å². The molecule has 2 rings (SSSR count). The van der Waals surface area contributed by atoms with Gasteiger partial charge in [0.1, 0.15) is 11.2 Å². The van der Waals surface area contributed by atoms with Crippen molar-refractivity contribution in [2.24, 2.45) is 0 Å². The summed E-state index contributed by atoms with van der Waals surface area (Å²) in [4.78, 5) is 27.2. The Bertz CT molecular complexity index is 567. The molecule has 2 fully saturated rings. The summed E-state index contributed by atoms with van der Waals surface area (Å²) in [5, 5.41) is 9.65. The molecule has 1 N–H and O–H groups in total. The van der Waals surface area contributed by atoms with Crippen molar-refractivity contribution in [3.05, 3.63) is 0 Å². The summed E-state index contributed by atoms with van der Waals surface area (Å²) < 4.78 is 22.0. The largest absolute Gasteiger partial charge is 0.444 e. The van der Waals surface area contributed by atoms with Crippen LogP contribution < -0.4 is 0 Å². The lowest BCUT2D eigenvalue weighted by Crippen LogP contribution is -2.43. The standard InChI is InChI=1S/C13H24BrNO3.C13H25NO4/c1-13(2,3)18-12(16)15-8-5-11(6-9-15)17-10-4-7-14;1-13(2,3)18-12(16)14-7-5-11(6-8-14)17-10-4-9-15/h11H,4-10H2,1-3H3;11,15H,4-10H2,1-3H3. The number of alkyl halides is 1. The summed E-state index contributed by atoms with van der Waals surface area (Å²) in [6.45, 7) is 15.6. The molecule has 0 unspecified atom stereocenters. The highest BCUT2D eigenvalue weighted by atomic mass is 79.9. The zero-order valence-electron chi connectivity index (χ0n) is 23.2. The van der Waals surface area contributed by atoms with E-state index in [2.05, 4.69) is 15.9 Å². The smallest absolute Gasteiger partial charge is 0.410 e. The van der Waals surface area contributed by atoms with Crippen molar-refractivity contribution >= 4 is 28.1 Å². The molecule has 9 nitrogen and oxygen atoms in total. The molecule has 10 heteroatoms. The van der Waals surface area contributed by atoms with Gasteiger partial charge in [0.2, 0.25) is 0 Å². The number of carbonyl (C=O) groups excluding carboxylic acids is 2. The van der Waals surface area contributed by atoms with Gasteiger partial charge in [-0.2, -0.15) is 0 Å². The van der Waals surface area contributed by atoms with Gasteiger partial charge in [-0.25, -0.2) is 9.59 Å². The third-order valence-corrected chi connectivity index (χ3v) is 6.04. The Morgan fingerprint density at radius 1 is 0.750 bits per heavy atom. The van der Waals surface area contributed by atoms with Crippen LogP contribution in [0.2, 0.25) is 0 Å². The molecule has 2 amide bonds. The SMILES string of the molecule is CC(C)(C)OC(=O)N1CCC(OCCCBr)CC1.CC(C)(C)OC(=O)N1CCC(OCCCO)CC1. The highest BCUT2D eigenvalue weighted by molar-refractivity contribution is 9.09. The van der Waals surface area contributed by atoms with Gasteiger partial charge in [0.05, 0.1) is 12.2 Å². The first-order valence-corrected chi connectivity index (χ1v) is 14.3. The van der Waals surface area contributed by atoms with Gasteiger partial charge in [-0.3, -0.25) is 0 Å². The second-order valence-corrected chi connectivity index (χ2v) is 12.0. The lowest BCUT2D eigenvalue weighted by atomic mass is 10.1. The Morgan fingerprint density at radius 3 is 1.42 bits per heavy atom. The first-order chi connectivity index (χ1) is 16.8. The van der Waals surface area contributed by atoms with Gasteiger partial charge in [0, 0.05) is 51.3 Å². The quantitative estimate of drug-likeness (QED) is 0.319. The molecule has 212 valence electrons. The van der Waals surface area contributed by atoms with Gasteiger partial charge in [-0.15, -0.1) is 0 Å². The molecule has 0 bridgehead atoms. The molecule has 0 spiro atoms. The van der Waals surface area contributed by atoms with E-state index in [-0.39, 0.29) is 24.9 Å². The predicted molar refractivity (Wildman–Crippen MR) is 144 cm³/mol. The zero-order chi connectivity index (χ0) is 27.2. The number of aliphatic hydroxyl groups is 1. The molecule has 0 saturated carbocycles. The number of hydrogen-bond donors (Lipinski definition) is 1. The number of ether oxygens (including phenoxy) is 4. The molecular weight excluding hydrogens is 532 g/mol. The number of aliphatic hydroxyl groups excluding tert-OH is 1. The highest BCUT2D eigenvalue weighted by Gasteiger charge is 2.28. The van der Waals surface area contributed by atoms with E-state index in [1.807, 2.05) is 41.5 Å². The average Bonchev–Trinajstić information content (AvgIpc) is 2.78. The first kappa shape index (κ1) is 32.9. The fourth-order valence-electron chi connectivity index (χ4n) is 3.68. The van der Waals surface area contributed by atoms with Crippen LogP contribution in [0.15, 0.2) is 0 Å². The maximum atomic E-state index is 11.8. The maximum absolute atomic E-state index is 11.8. The van der Waals surface area contributed by atoms with Crippen LogP contribution in [0.3, 0.4) is 0 Å². The Hall–Kier alpha value is -1.10. The molecular formula is C26H49BrN2O7. The summed E-state index contributed by atoms with van der Waals surface area (Å²) in [6, 6.07) is 0. The van der Waals surface area contributed by atoms with Crippen LogP contribution in [0.25, 0.3) is 0 Å². The van der Waals surface area contributed by atoms with E-state index in [1.165, 1.54) is 0 Å². The molecule has 2 heterocycles. The summed E-state index contributed by atoms with van der Waals surface area (Å²) in [7, 11) is 0. The Morgan fingerprint density at radius 2 is 1.11 bits per heavy atom. The number of nitrogens with zero attached hydrogens (tertiary/aromatic N) is 2. The third-order valence-electron chi connectivity index (χ3n) is 5.47. The number of hydrogen-bond acceptors (Lipinski definition) is 7. The number of halogens is 1. The van der Waals surface area contributed by atoms with Crippen molar-refractivity contribution in [1.29, 1.82) is 0 Å². The topological polar surface area (TPSA) is 97.8 Å². The molecule has 2 saturated heterocycles. The van der Waals surface area contributed by atoms with E-state index in [0.29, 0.717) is 32.2 Å². The fraction of sp³-hybridized carbons (Fsp3) is 0.923. The van der Waals surface area contributed by atoms with Crippen LogP contribution >= 0.6 is 15.9 Å². The molecule has 0 atom stereocenters. The molecule has 0 aromatic rings. The second kappa shape index (κ2) is 16.7. The Balaban J connectivity index is 0.000000360. The number of rotatable bonds is 8. The van der Waals surface area contributed by atoms with Crippen molar-refractivity contribution in [3.8, 4) is 0 Å². The number of carbonyl (C=O) groups is 2. The molecule has 2 aliphatic heterocycles. The highest BCUT2D eigenvalue weighted by Crippen LogP contribution is 2.18. The zero-order valence-corrected chi connectivity index (χ0v) is 24.8.